The standard InChI is InChI=1S/C12H24N2/c1-3-7-13-8-11-14-9-4-5-12(2)6-10-14/h3,12-13H,1,4-11H2,2H3. The molecule has 2 nitrogen and oxygen atoms in total. The van der Waals surface area contributed by atoms with Gasteiger partial charge in [-0.15, -0.1) is 6.58 Å². The molecule has 0 aromatic rings. The lowest BCUT2D eigenvalue weighted by Crippen LogP contribution is -2.33. The Kier molecular flexibility index (Phi) is 5.88. The fourth-order valence-corrected chi connectivity index (χ4v) is 1.99. The zero-order valence-electron chi connectivity index (χ0n) is 9.47. The highest BCUT2D eigenvalue weighted by atomic mass is 15.1. The van der Waals surface area contributed by atoms with Crippen LogP contribution in [-0.4, -0.2) is 37.6 Å². The van der Waals surface area contributed by atoms with Crippen LogP contribution in [0, 0.1) is 5.92 Å². The van der Waals surface area contributed by atoms with Crippen LogP contribution in [-0.2, 0) is 0 Å². The van der Waals surface area contributed by atoms with Crippen LogP contribution in [0.25, 0.3) is 0 Å². The molecule has 2 heteroatoms. The van der Waals surface area contributed by atoms with Crippen molar-refractivity contribution < 1.29 is 0 Å². The lowest BCUT2D eigenvalue weighted by atomic mass is 10.0. The van der Waals surface area contributed by atoms with Gasteiger partial charge >= 0.3 is 0 Å². The second-order valence-corrected chi connectivity index (χ2v) is 4.37. The lowest BCUT2D eigenvalue weighted by Gasteiger charge is -2.19. The van der Waals surface area contributed by atoms with Crippen LogP contribution in [0.3, 0.4) is 0 Å². The van der Waals surface area contributed by atoms with Crippen LogP contribution < -0.4 is 5.32 Å². The van der Waals surface area contributed by atoms with Crippen LogP contribution >= 0.6 is 0 Å². The number of rotatable bonds is 5. The summed E-state index contributed by atoms with van der Waals surface area (Å²) in [6, 6.07) is 0. The van der Waals surface area contributed by atoms with Gasteiger partial charge in [0.2, 0.25) is 0 Å². The van der Waals surface area contributed by atoms with Gasteiger partial charge in [0.1, 0.15) is 0 Å². The van der Waals surface area contributed by atoms with Crippen molar-refractivity contribution in [3.63, 3.8) is 0 Å². The highest BCUT2D eigenvalue weighted by Gasteiger charge is 2.12. The van der Waals surface area contributed by atoms with E-state index in [1.807, 2.05) is 6.08 Å². The van der Waals surface area contributed by atoms with E-state index in [4.69, 9.17) is 0 Å². The molecule has 1 aliphatic rings. The van der Waals surface area contributed by atoms with Gasteiger partial charge in [0, 0.05) is 19.6 Å². The minimum Gasteiger partial charge on any atom is -0.312 e. The first-order valence-corrected chi connectivity index (χ1v) is 5.87. The van der Waals surface area contributed by atoms with E-state index in [2.05, 4.69) is 23.7 Å². The molecule has 0 amide bonds. The summed E-state index contributed by atoms with van der Waals surface area (Å²) in [5.41, 5.74) is 0. The molecule has 0 radical (unpaired) electrons. The maximum Gasteiger partial charge on any atom is 0.0132 e. The zero-order valence-corrected chi connectivity index (χ0v) is 9.47. The number of nitrogens with one attached hydrogen (secondary N) is 1. The van der Waals surface area contributed by atoms with Gasteiger partial charge in [-0.25, -0.2) is 0 Å². The number of nitrogens with zero attached hydrogens (tertiary/aromatic N) is 1. The molecular weight excluding hydrogens is 172 g/mol. The van der Waals surface area contributed by atoms with Crippen molar-refractivity contribution >= 4 is 0 Å². The fraction of sp³-hybridized carbons (Fsp3) is 0.833. The summed E-state index contributed by atoms with van der Waals surface area (Å²) in [4.78, 5) is 2.58. The highest BCUT2D eigenvalue weighted by molar-refractivity contribution is 4.72. The van der Waals surface area contributed by atoms with Crippen molar-refractivity contribution in [3.8, 4) is 0 Å². The van der Waals surface area contributed by atoms with Crippen molar-refractivity contribution in [3.05, 3.63) is 12.7 Å². The highest BCUT2D eigenvalue weighted by Crippen LogP contribution is 2.15. The Morgan fingerprint density at radius 1 is 1.43 bits per heavy atom. The van der Waals surface area contributed by atoms with Crippen molar-refractivity contribution in [2.45, 2.75) is 26.2 Å². The Labute approximate surface area is 88.4 Å². The predicted molar refractivity (Wildman–Crippen MR) is 62.5 cm³/mol. The monoisotopic (exact) mass is 196 g/mol. The molecule has 1 heterocycles. The SMILES string of the molecule is C=CCNCCN1CCCC(C)CC1. The average molecular weight is 196 g/mol. The van der Waals surface area contributed by atoms with Crippen molar-refractivity contribution in [1.82, 2.24) is 10.2 Å². The molecule has 1 rings (SSSR count). The first kappa shape index (κ1) is 11.7. The molecule has 1 saturated heterocycles. The Hall–Kier alpha value is -0.340. The molecule has 0 bridgehead atoms. The van der Waals surface area contributed by atoms with E-state index < -0.39 is 0 Å². The third-order valence-electron chi connectivity index (χ3n) is 3.00. The number of hydrogen-bond donors (Lipinski definition) is 1. The second kappa shape index (κ2) is 7.02. The van der Waals surface area contributed by atoms with Crippen LogP contribution in [0.1, 0.15) is 26.2 Å². The van der Waals surface area contributed by atoms with Crippen LogP contribution in [0.4, 0.5) is 0 Å². The molecule has 0 aromatic carbocycles. The third kappa shape index (κ3) is 4.77. The van der Waals surface area contributed by atoms with Crippen LogP contribution in [0.5, 0.6) is 0 Å². The van der Waals surface area contributed by atoms with E-state index in [0.717, 1.165) is 19.0 Å². The molecular formula is C12H24N2. The summed E-state index contributed by atoms with van der Waals surface area (Å²) in [6.07, 6.45) is 6.09. The van der Waals surface area contributed by atoms with Gasteiger partial charge < -0.3 is 10.2 Å². The molecule has 1 aliphatic heterocycles. The molecule has 1 unspecified atom stereocenters. The van der Waals surface area contributed by atoms with Crippen molar-refractivity contribution in [2.75, 3.05) is 32.7 Å². The maximum atomic E-state index is 3.69. The predicted octanol–water partition coefficient (Wildman–Crippen LogP) is 1.88. The van der Waals surface area contributed by atoms with Gasteiger partial charge in [-0.3, -0.25) is 0 Å². The van der Waals surface area contributed by atoms with Crippen molar-refractivity contribution in [2.24, 2.45) is 5.92 Å². The number of hydrogen-bond acceptors (Lipinski definition) is 2. The smallest absolute Gasteiger partial charge is 0.0132 e. The minimum absolute atomic E-state index is 0.932. The Morgan fingerprint density at radius 2 is 2.29 bits per heavy atom. The molecule has 0 saturated carbocycles. The first-order valence-electron chi connectivity index (χ1n) is 5.87. The van der Waals surface area contributed by atoms with Gasteiger partial charge in [-0.05, 0) is 38.3 Å². The Balaban J connectivity index is 2.08. The van der Waals surface area contributed by atoms with Gasteiger partial charge in [0.05, 0.1) is 0 Å². The largest absolute Gasteiger partial charge is 0.312 e. The molecule has 82 valence electrons. The van der Waals surface area contributed by atoms with Gasteiger partial charge in [0.15, 0.2) is 0 Å². The molecule has 14 heavy (non-hydrogen) atoms. The maximum absolute atomic E-state index is 3.69. The van der Waals surface area contributed by atoms with E-state index in [0.29, 0.717) is 0 Å². The first-order chi connectivity index (χ1) is 6.83. The van der Waals surface area contributed by atoms with E-state index in [1.54, 1.807) is 0 Å². The quantitative estimate of drug-likeness (QED) is 0.533. The second-order valence-electron chi connectivity index (χ2n) is 4.37. The van der Waals surface area contributed by atoms with Gasteiger partial charge in [0.25, 0.3) is 0 Å². The van der Waals surface area contributed by atoms with Gasteiger partial charge in [-0.2, -0.15) is 0 Å². The fourth-order valence-electron chi connectivity index (χ4n) is 1.99. The summed E-state index contributed by atoms with van der Waals surface area (Å²) in [5, 5.41) is 3.35. The van der Waals surface area contributed by atoms with Crippen LogP contribution in [0.15, 0.2) is 12.7 Å². The molecule has 0 spiro atoms. The Bertz CT molecular complexity index is 156. The topological polar surface area (TPSA) is 15.3 Å². The summed E-state index contributed by atoms with van der Waals surface area (Å²) in [7, 11) is 0. The van der Waals surface area contributed by atoms with Crippen LogP contribution in [0.2, 0.25) is 0 Å². The zero-order chi connectivity index (χ0) is 10.2. The average Bonchev–Trinajstić information content (AvgIpc) is 2.38. The van der Waals surface area contributed by atoms with E-state index in [9.17, 15) is 0 Å². The van der Waals surface area contributed by atoms with E-state index >= 15 is 0 Å². The third-order valence-corrected chi connectivity index (χ3v) is 3.00. The summed E-state index contributed by atoms with van der Waals surface area (Å²) in [5.74, 6) is 0.932. The Morgan fingerprint density at radius 3 is 3.07 bits per heavy atom. The molecule has 1 atom stereocenters. The molecule has 1 N–H and O–H groups in total. The van der Waals surface area contributed by atoms with Crippen molar-refractivity contribution in [1.29, 1.82) is 0 Å². The van der Waals surface area contributed by atoms with Gasteiger partial charge in [-0.1, -0.05) is 13.0 Å². The normalized spacial score (nSPS) is 24.5. The van der Waals surface area contributed by atoms with E-state index in [1.165, 1.54) is 38.9 Å². The van der Waals surface area contributed by atoms with E-state index in [-0.39, 0.29) is 0 Å². The number of likely N-dealkylation sites (tertiary alicyclic amines) is 1. The molecule has 0 aliphatic carbocycles. The molecule has 1 fully saturated rings. The summed E-state index contributed by atoms with van der Waals surface area (Å²) in [6.45, 7) is 11.9. The minimum atomic E-state index is 0.932. The molecule has 0 aromatic heterocycles. The summed E-state index contributed by atoms with van der Waals surface area (Å²) < 4.78 is 0. The lowest BCUT2D eigenvalue weighted by molar-refractivity contribution is 0.282. The summed E-state index contributed by atoms with van der Waals surface area (Å²) >= 11 is 0.